The second kappa shape index (κ2) is 6.27. The number of nitrogens with one attached hydrogen (secondary N) is 1. The second-order valence-corrected chi connectivity index (χ2v) is 4.89. The Morgan fingerprint density at radius 2 is 2.28 bits per heavy atom. The first-order valence-corrected chi connectivity index (χ1v) is 5.98. The number of carbonyl (C=O) groups is 3. The molecule has 1 rings (SSSR count). The van der Waals surface area contributed by atoms with Gasteiger partial charge in [-0.3, -0.25) is 14.4 Å². The molecule has 0 aliphatic carbocycles. The van der Waals surface area contributed by atoms with Crippen molar-refractivity contribution in [3.8, 4) is 0 Å². The molecular formula is C11H14N2O4S. The summed E-state index contributed by atoms with van der Waals surface area (Å²) in [5.41, 5.74) is 5.94. The molecule has 98 valence electrons. The van der Waals surface area contributed by atoms with Gasteiger partial charge in [0, 0.05) is 10.4 Å². The summed E-state index contributed by atoms with van der Waals surface area (Å²) < 4.78 is 4.42. The predicted octanol–water partition coefficient (Wildman–Crippen LogP) is 0.698. The van der Waals surface area contributed by atoms with Gasteiger partial charge in [0.05, 0.1) is 19.6 Å². The molecule has 1 aromatic heterocycles. The van der Waals surface area contributed by atoms with E-state index in [0.29, 0.717) is 16.9 Å². The summed E-state index contributed by atoms with van der Waals surface area (Å²) in [7, 11) is 1.22. The Morgan fingerprint density at radius 3 is 2.83 bits per heavy atom. The largest absolute Gasteiger partial charge is 0.469 e. The number of thiophene rings is 1. The molecule has 0 radical (unpaired) electrons. The van der Waals surface area contributed by atoms with Crippen LogP contribution in [0.15, 0.2) is 6.07 Å². The fourth-order valence-corrected chi connectivity index (χ4v) is 2.16. The molecule has 0 saturated carbocycles. The van der Waals surface area contributed by atoms with Gasteiger partial charge in [0.25, 0.3) is 0 Å². The van der Waals surface area contributed by atoms with E-state index in [2.05, 4.69) is 10.1 Å². The first-order valence-electron chi connectivity index (χ1n) is 5.16. The Kier molecular flexibility index (Phi) is 4.99. The number of nitrogens with two attached hydrogens (primary N) is 1. The van der Waals surface area contributed by atoms with Crippen molar-refractivity contribution in [1.82, 2.24) is 0 Å². The van der Waals surface area contributed by atoms with E-state index in [1.807, 2.05) is 6.92 Å². The zero-order valence-electron chi connectivity index (χ0n) is 10.1. The fourth-order valence-electron chi connectivity index (χ4n) is 1.28. The molecule has 3 N–H and O–H groups in total. The highest BCUT2D eigenvalue weighted by Gasteiger charge is 2.19. The number of hydrogen-bond acceptors (Lipinski definition) is 6. The summed E-state index contributed by atoms with van der Waals surface area (Å²) in [5.74, 6) is -1.08. The summed E-state index contributed by atoms with van der Waals surface area (Å²) in [4.78, 5) is 34.3. The van der Waals surface area contributed by atoms with Crippen LogP contribution in [0.1, 0.15) is 21.7 Å². The van der Waals surface area contributed by atoms with Crippen LogP contribution in [0, 0.1) is 6.92 Å². The molecule has 0 spiro atoms. The SMILES string of the molecule is COC(=O)C[C@H](N)C(=O)Nc1sc(C)cc1C=O. The lowest BCUT2D eigenvalue weighted by atomic mass is 10.2. The van der Waals surface area contributed by atoms with Crippen molar-refractivity contribution in [2.45, 2.75) is 19.4 Å². The van der Waals surface area contributed by atoms with Crippen LogP contribution in [-0.2, 0) is 14.3 Å². The molecule has 0 aromatic carbocycles. The van der Waals surface area contributed by atoms with Gasteiger partial charge in [0.15, 0.2) is 6.29 Å². The minimum atomic E-state index is -1.00. The number of esters is 1. The van der Waals surface area contributed by atoms with E-state index in [0.717, 1.165) is 4.88 Å². The van der Waals surface area contributed by atoms with Gasteiger partial charge in [-0.2, -0.15) is 0 Å². The first kappa shape index (κ1) is 14.3. The molecule has 0 aliphatic rings. The molecule has 0 aliphatic heterocycles. The molecule has 18 heavy (non-hydrogen) atoms. The first-order chi connectivity index (χ1) is 8.47. The van der Waals surface area contributed by atoms with E-state index in [-0.39, 0.29) is 6.42 Å². The summed E-state index contributed by atoms with van der Waals surface area (Å²) in [5, 5.41) is 2.96. The summed E-state index contributed by atoms with van der Waals surface area (Å²) >= 11 is 1.27. The van der Waals surface area contributed by atoms with Crippen molar-refractivity contribution >= 4 is 34.5 Å². The second-order valence-electron chi connectivity index (χ2n) is 3.64. The Balaban J connectivity index is 2.69. The van der Waals surface area contributed by atoms with Gasteiger partial charge in [-0.15, -0.1) is 11.3 Å². The molecular weight excluding hydrogens is 256 g/mol. The maximum atomic E-state index is 11.7. The monoisotopic (exact) mass is 270 g/mol. The van der Waals surface area contributed by atoms with Crippen molar-refractivity contribution in [2.75, 3.05) is 12.4 Å². The van der Waals surface area contributed by atoms with E-state index in [4.69, 9.17) is 5.73 Å². The van der Waals surface area contributed by atoms with E-state index in [1.54, 1.807) is 6.07 Å². The van der Waals surface area contributed by atoms with Gasteiger partial charge >= 0.3 is 5.97 Å². The number of methoxy groups -OCH3 is 1. The highest BCUT2D eigenvalue weighted by molar-refractivity contribution is 7.16. The molecule has 6 nitrogen and oxygen atoms in total. The third-order valence-corrected chi connectivity index (χ3v) is 3.18. The smallest absolute Gasteiger partial charge is 0.307 e. The van der Waals surface area contributed by atoms with Crippen LogP contribution in [0.4, 0.5) is 5.00 Å². The highest BCUT2D eigenvalue weighted by Crippen LogP contribution is 2.26. The van der Waals surface area contributed by atoms with E-state index >= 15 is 0 Å². The van der Waals surface area contributed by atoms with Crippen LogP contribution >= 0.6 is 11.3 Å². The van der Waals surface area contributed by atoms with Gasteiger partial charge in [0.1, 0.15) is 5.00 Å². The van der Waals surface area contributed by atoms with Crippen molar-refractivity contribution in [3.63, 3.8) is 0 Å². The molecule has 0 saturated heterocycles. The van der Waals surface area contributed by atoms with Crippen LogP contribution in [0.3, 0.4) is 0 Å². The standard InChI is InChI=1S/C11H14N2O4S/c1-6-3-7(5-14)11(18-6)13-10(16)8(12)4-9(15)17-2/h3,5,8H,4,12H2,1-2H3,(H,13,16)/t8-/m0/s1. The van der Waals surface area contributed by atoms with E-state index in [9.17, 15) is 14.4 Å². The molecule has 7 heteroatoms. The lowest BCUT2D eigenvalue weighted by Crippen LogP contribution is -2.37. The van der Waals surface area contributed by atoms with Crippen molar-refractivity contribution in [1.29, 1.82) is 0 Å². The highest BCUT2D eigenvalue weighted by atomic mass is 32.1. The molecule has 1 heterocycles. The zero-order valence-corrected chi connectivity index (χ0v) is 10.9. The summed E-state index contributed by atoms with van der Waals surface area (Å²) in [6.45, 7) is 1.82. The van der Waals surface area contributed by atoms with E-state index in [1.165, 1.54) is 18.4 Å². The van der Waals surface area contributed by atoms with Gasteiger partial charge in [-0.1, -0.05) is 0 Å². The predicted molar refractivity (Wildman–Crippen MR) is 67.7 cm³/mol. The van der Waals surface area contributed by atoms with Crippen LogP contribution in [0.25, 0.3) is 0 Å². The Hall–Kier alpha value is -1.73. The van der Waals surface area contributed by atoms with Crippen LogP contribution in [-0.4, -0.2) is 31.3 Å². The number of aryl methyl sites for hydroxylation is 1. The number of anilines is 1. The lowest BCUT2D eigenvalue weighted by Gasteiger charge is -2.10. The molecule has 0 fully saturated rings. The van der Waals surface area contributed by atoms with Crippen molar-refractivity contribution in [2.24, 2.45) is 5.73 Å². The average molecular weight is 270 g/mol. The normalized spacial score (nSPS) is 11.7. The molecule has 1 aromatic rings. The topological polar surface area (TPSA) is 98.5 Å². The number of rotatable bonds is 5. The lowest BCUT2D eigenvalue weighted by molar-refractivity contribution is -0.142. The number of aldehydes is 1. The molecule has 1 amide bonds. The van der Waals surface area contributed by atoms with Gasteiger partial charge in [-0.25, -0.2) is 0 Å². The minimum Gasteiger partial charge on any atom is -0.469 e. The third kappa shape index (κ3) is 3.64. The number of ether oxygens (including phenoxy) is 1. The Morgan fingerprint density at radius 1 is 1.61 bits per heavy atom. The van der Waals surface area contributed by atoms with Gasteiger partial charge < -0.3 is 15.8 Å². The van der Waals surface area contributed by atoms with E-state index < -0.39 is 17.9 Å². The quantitative estimate of drug-likeness (QED) is 0.606. The van der Waals surface area contributed by atoms with Gasteiger partial charge in [-0.05, 0) is 13.0 Å². The number of carbonyl (C=O) groups excluding carboxylic acids is 3. The van der Waals surface area contributed by atoms with Crippen molar-refractivity contribution < 1.29 is 19.1 Å². The van der Waals surface area contributed by atoms with Gasteiger partial charge in [0.2, 0.25) is 5.91 Å². The van der Waals surface area contributed by atoms with Crippen molar-refractivity contribution in [3.05, 3.63) is 16.5 Å². The molecule has 0 bridgehead atoms. The average Bonchev–Trinajstić information content (AvgIpc) is 2.68. The maximum absolute atomic E-state index is 11.7. The number of hydrogen-bond donors (Lipinski definition) is 2. The Labute approximate surface area is 108 Å². The van der Waals surface area contributed by atoms with Crippen LogP contribution < -0.4 is 11.1 Å². The van der Waals surface area contributed by atoms with Crippen LogP contribution in [0.2, 0.25) is 0 Å². The number of amides is 1. The summed E-state index contributed by atoms with van der Waals surface area (Å²) in [6.07, 6.45) is 0.452. The fraction of sp³-hybridized carbons (Fsp3) is 0.364. The van der Waals surface area contributed by atoms with Crippen LogP contribution in [0.5, 0.6) is 0 Å². The molecule has 0 unspecified atom stereocenters. The minimum absolute atomic E-state index is 0.205. The maximum Gasteiger partial charge on any atom is 0.307 e. The molecule has 1 atom stereocenters. The third-order valence-electron chi connectivity index (χ3n) is 2.20. The summed E-state index contributed by atoms with van der Waals surface area (Å²) in [6, 6.07) is 0.665. The zero-order chi connectivity index (χ0) is 13.7. The Bertz CT molecular complexity index is 470.